The zero-order chi connectivity index (χ0) is 31.5. The van der Waals surface area contributed by atoms with Crippen molar-refractivity contribution in [3.8, 4) is 6.01 Å². The lowest BCUT2D eigenvalue weighted by Crippen LogP contribution is -2.56. The van der Waals surface area contributed by atoms with Gasteiger partial charge in [0.15, 0.2) is 0 Å². The van der Waals surface area contributed by atoms with E-state index in [2.05, 4.69) is 57.4 Å². The van der Waals surface area contributed by atoms with Crippen LogP contribution in [0.2, 0.25) is 5.02 Å². The predicted molar refractivity (Wildman–Crippen MR) is 177 cm³/mol. The van der Waals surface area contributed by atoms with Gasteiger partial charge in [0.25, 0.3) is 0 Å². The Balaban J connectivity index is 1.32. The third kappa shape index (κ3) is 6.57. The van der Waals surface area contributed by atoms with Crippen LogP contribution in [0.3, 0.4) is 0 Å². The molecule has 0 N–H and O–H groups in total. The number of anilines is 2. The molecule has 236 valence electrons. The number of piperazine rings is 1. The average Bonchev–Trinajstić information content (AvgIpc) is 3.59. The minimum Gasteiger partial charge on any atom is -0.459 e. The molecule has 1 amide bonds. The van der Waals surface area contributed by atoms with E-state index >= 15 is 0 Å². The summed E-state index contributed by atoms with van der Waals surface area (Å²) in [6, 6.07) is 12.7. The number of carbonyl (C=O) groups excluding carboxylic acids is 1. The fraction of sp³-hybridized carbons (Fsp3) is 0.471. The number of fused-ring (bicyclic) bond motifs is 2. The van der Waals surface area contributed by atoms with Gasteiger partial charge in [0, 0.05) is 62.0 Å². The number of carbonyl (C=O) groups is 1. The molecule has 11 heteroatoms. The van der Waals surface area contributed by atoms with E-state index in [1.54, 1.807) is 4.90 Å². The highest BCUT2D eigenvalue weighted by Crippen LogP contribution is 2.37. The lowest BCUT2D eigenvalue weighted by atomic mass is 10.0. The molecule has 3 atom stereocenters. The van der Waals surface area contributed by atoms with E-state index in [1.807, 2.05) is 19.1 Å². The first-order valence-electron chi connectivity index (χ1n) is 15.6. The molecule has 0 saturated carbocycles. The summed E-state index contributed by atoms with van der Waals surface area (Å²) in [5.74, 6) is 0.683. The molecular formula is C34H40ClN7O3. The second-order valence-corrected chi connectivity index (χ2v) is 12.5. The minimum atomic E-state index is -0.254. The summed E-state index contributed by atoms with van der Waals surface area (Å²) in [5.41, 5.74) is 3.08. The molecule has 3 aliphatic rings. The number of hydrogen-bond acceptors (Lipinski definition) is 8. The van der Waals surface area contributed by atoms with Crippen molar-refractivity contribution in [3.05, 3.63) is 76.8 Å². The molecule has 3 aliphatic heterocycles. The van der Waals surface area contributed by atoms with Gasteiger partial charge in [-0.25, -0.2) is 6.57 Å². The van der Waals surface area contributed by atoms with Gasteiger partial charge in [0.1, 0.15) is 18.0 Å². The standard InChI is InChI=1S/C34H40ClN7O3/c1-5-31(43)42-16-15-41(20-26(42)18-36-3)33-27-12-14-40(30-11-7-9-24-8-6-10-28(35)32(24)30)21-29(27)37-34(38-33)45-23(2)19-39(4)25-13-17-44-22-25/h5-11,23,25-26H,1,12-22H2,2,4H3/t23-,25?,26-/m0/s1. The molecule has 0 radical (unpaired) electrons. The van der Waals surface area contributed by atoms with Crippen molar-refractivity contribution in [1.82, 2.24) is 19.8 Å². The van der Waals surface area contributed by atoms with Crippen molar-refractivity contribution in [3.63, 3.8) is 0 Å². The molecule has 0 bridgehead atoms. The van der Waals surface area contributed by atoms with E-state index in [1.165, 1.54) is 6.08 Å². The van der Waals surface area contributed by atoms with Gasteiger partial charge in [-0.15, -0.1) is 0 Å². The third-order valence-corrected chi connectivity index (χ3v) is 9.43. The number of ether oxygens (including phenoxy) is 2. The van der Waals surface area contributed by atoms with Crippen LogP contribution in [0.4, 0.5) is 11.5 Å². The largest absolute Gasteiger partial charge is 0.459 e. The van der Waals surface area contributed by atoms with Gasteiger partial charge in [0.05, 0.1) is 23.9 Å². The molecule has 6 rings (SSSR count). The van der Waals surface area contributed by atoms with Crippen LogP contribution in [0.1, 0.15) is 24.6 Å². The number of rotatable bonds is 9. The van der Waals surface area contributed by atoms with E-state index in [0.717, 1.165) is 77.7 Å². The summed E-state index contributed by atoms with van der Waals surface area (Å²) in [7, 11) is 2.10. The zero-order valence-corrected chi connectivity index (χ0v) is 26.7. The Bertz CT molecular complexity index is 1600. The topological polar surface area (TPSA) is 78.6 Å². The Hall–Kier alpha value is -3.91. The second-order valence-electron chi connectivity index (χ2n) is 12.1. The van der Waals surface area contributed by atoms with Gasteiger partial charge in [-0.2, -0.15) is 9.97 Å². The molecule has 1 unspecified atom stereocenters. The lowest BCUT2D eigenvalue weighted by molar-refractivity contribution is -0.128. The molecule has 4 heterocycles. The highest BCUT2D eigenvalue weighted by Gasteiger charge is 2.35. The summed E-state index contributed by atoms with van der Waals surface area (Å²) in [4.78, 5) is 34.8. The number of likely N-dealkylation sites (N-methyl/N-ethyl adjacent to an activating group) is 1. The van der Waals surface area contributed by atoms with E-state index in [9.17, 15) is 4.79 Å². The average molecular weight is 630 g/mol. The summed E-state index contributed by atoms with van der Waals surface area (Å²) in [6.45, 7) is 18.7. The van der Waals surface area contributed by atoms with Crippen molar-refractivity contribution in [2.24, 2.45) is 0 Å². The molecule has 0 spiro atoms. The number of amides is 1. The fourth-order valence-electron chi connectivity index (χ4n) is 6.81. The van der Waals surface area contributed by atoms with Crippen molar-refractivity contribution in [2.75, 3.05) is 69.3 Å². The maximum Gasteiger partial charge on any atom is 0.318 e. The number of nitrogens with zero attached hydrogens (tertiary/aromatic N) is 7. The van der Waals surface area contributed by atoms with Crippen LogP contribution in [-0.4, -0.2) is 103 Å². The van der Waals surface area contributed by atoms with Crippen LogP contribution in [0.25, 0.3) is 15.6 Å². The summed E-state index contributed by atoms with van der Waals surface area (Å²) in [6.07, 6.45) is 2.94. The smallest absolute Gasteiger partial charge is 0.318 e. The highest BCUT2D eigenvalue weighted by molar-refractivity contribution is 6.36. The maximum absolute atomic E-state index is 12.6. The molecule has 2 fully saturated rings. The molecule has 45 heavy (non-hydrogen) atoms. The van der Waals surface area contributed by atoms with Crippen LogP contribution in [0.15, 0.2) is 49.1 Å². The van der Waals surface area contributed by atoms with E-state index in [0.29, 0.717) is 38.2 Å². The van der Waals surface area contributed by atoms with Gasteiger partial charge in [-0.05, 0) is 50.4 Å². The Kier molecular flexibility index (Phi) is 9.40. The maximum atomic E-state index is 12.6. The lowest BCUT2D eigenvalue weighted by Gasteiger charge is -2.41. The second kappa shape index (κ2) is 13.6. The van der Waals surface area contributed by atoms with Gasteiger partial charge in [-0.1, -0.05) is 42.4 Å². The molecule has 1 aromatic heterocycles. The van der Waals surface area contributed by atoms with Crippen LogP contribution in [0.5, 0.6) is 6.01 Å². The molecule has 2 aromatic carbocycles. The van der Waals surface area contributed by atoms with Crippen LogP contribution < -0.4 is 14.5 Å². The SMILES string of the molecule is [C-]#[N+]C[C@H]1CN(c2nc(O[C@@H](C)CN(C)C3CCOC3)nc3c2CCN(c2cccc4cccc(Cl)c24)C3)CCN1C(=O)C=C. The first kappa shape index (κ1) is 31.1. The van der Waals surface area contributed by atoms with Crippen molar-refractivity contribution >= 4 is 39.8 Å². The van der Waals surface area contributed by atoms with Gasteiger partial charge in [0.2, 0.25) is 12.5 Å². The predicted octanol–water partition coefficient (Wildman–Crippen LogP) is 4.46. The van der Waals surface area contributed by atoms with Crippen LogP contribution in [0, 0.1) is 6.57 Å². The Labute approximate surface area is 270 Å². The van der Waals surface area contributed by atoms with E-state index in [4.69, 9.17) is 37.6 Å². The molecule has 3 aromatic rings. The fourth-order valence-corrected chi connectivity index (χ4v) is 7.09. The van der Waals surface area contributed by atoms with Crippen LogP contribution in [-0.2, 0) is 22.5 Å². The Morgan fingerprint density at radius 1 is 1.24 bits per heavy atom. The summed E-state index contributed by atoms with van der Waals surface area (Å²) >= 11 is 6.72. The zero-order valence-electron chi connectivity index (χ0n) is 26.0. The number of benzene rings is 2. The summed E-state index contributed by atoms with van der Waals surface area (Å²) < 4.78 is 12.0. The highest BCUT2D eigenvalue weighted by atomic mass is 35.5. The van der Waals surface area contributed by atoms with Crippen molar-refractivity contribution in [1.29, 1.82) is 0 Å². The summed E-state index contributed by atoms with van der Waals surface area (Å²) in [5, 5.41) is 2.86. The van der Waals surface area contributed by atoms with E-state index in [-0.39, 0.29) is 24.6 Å². The monoisotopic (exact) mass is 629 g/mol. The van der Waals surface area contributed by atoms with Crippen molar-refractivity contribution < 1.29 is 14.3 Å². The minimum absolute atomic E-state index is 0.144. The number of halogens is 1. The van der Waals surface area contributed by atoms with Crippen LogP contribution >= 0.6 is 11.6 Å². The van der Waals surface area contributed by atoms with Crippen molar-refractivity contribution in [2.45, 2.75) is 44.5 Å². The quantitative estimate of drug-likeness (QED) is 0.254. The van der Waals surface area contributed by atoms with E-state index < -0.39 is 0 Å². The normalized spacial score (nSPS) is 20.6. The molecule has 2 saturated heterocycles. The Morgan fingerprint density at radius 3 is 2.82 bits per heavy atom. The Morgan fingerprint density at radius 2 is 2.07 bits per heavy atom. The van der Waals surface area contributed by atoms with Gasteiger partial charge >= 0.3 is 6.01 Å². The first-order valence-corrected chi connectivity index (χ1v) is 16.0. The number of aromatic nitrogens is 2. The first-order chi connectivity index (χ1) is 21.9. The number of hydrogen-bond donors (Lipinski definition) is 0. The molecule has 10 nitrogen and oxygen atoms in total. The third-order valence-electron chi connectivity index (χ3n) is 9.12. The van der Waals surface area contributed by atoms with Gasteiger partial charge < -0.3 is 29.0 Å². The molecular weight excluding hydrogens is 590 g/mol. The molecule has 0 aliphatic carbocycles. The van der Waals surface area contributed by atoms with Gasteiger partial charge in [-0.3, -0.25) is 9.69 Å².